The normalized spacial score (nSPS) is 17.7. The van der Waals surface area contributed by atoms with Crippen LogP contribution in [0.4, 0.5) is 39.5 Å². The van der Waals surface area contributed by atoms with Crippen LogP contribution in [0, 0.1) is 0 Å². The first-order valence-corrected chi connectivity index (χ1v) is 8.61. The SMILES string of the molecule is Oc1ccc2c(c1)CCNC2Cc1cc(C(F)(F)F)c(C(F)(F)F)c(C(F)(F)F)c1. The van der Waals surface area contributed by atoms with Crippen LogP contribution in [0.2, 0.25) is 0 Å². The van der Waals surface area contributed by atoms with Crippen LogP contribution in [0.25, 0.3) is 0 Å². The molecule has 1 aliphatic heterocycles. The zero-order valence-electron chi connectivity index (χ0n) is 14.9. The van der Waals surface area contributed by atoms with Gasteiger partial charge >= 0.3 is 18.5 Å². The second-order valence-electron chi connectivity index (χ2n) is 6.90. The number of benzene rings is 2. The molecule has 1 atom stereocenters. The topological polar surface area (TPSA) is 32.3 Å². The van der Waals surface area contributed by atoms with Crippen molar-refractivity contribution in [3.63, 3.8) is 0 Å². The van der Waals surface area contributed by atoms with Crippen LogP contribution >= 0.6 is 0 Å². The summed E-state index contributed by atoms with van der Waals surface area (Å²) in [6, 6.07) is 3.73. The molecule has 2 aromatic carbocycles. The number of phenols is 1. The smallest absolute Gasteiger partial charge is 0.417 e. The molecular formula is C19H14F9NO. The standard InChI is InChI=1S/C19H14F9NO/c20-17(21,22)13-5-9(6-14(18(23,24)25)16(13)19(26,27)28)7-15-12-2-1-11(30)8-10(12)3-4-29-15/h1-2,5-6,8,15,29-30H,3-4,7H2. The number of hydrogen-bond acceptors (Lipinski definition) is 2. The molecule has 2 nitrogen and oxygen atoms in total. The molecule has 2 N–H and O–H groups in total. The van der Waals surface area contributed by atoms with Crippen LogP contribution in [0.1, 0.15) is 39.4 Å². The van der Waals surface area contributed by atoms with Crippen molar-refractivity contribution in [3.8, 4) is 5.75 Å². The van der Waals surface area contributed by atoms with E-state index in [1.807, 2.05) is 0 Å². The molecule has 0 amide bonds. The summed E-state index contributed by atoms with van der Waals surface area (Å²) in [5, 5.41) is 12.5. The Bertz CT molecular complexity index is 909. The lowest BCUT2D eigenvalue weighted by Gasteiger charge is -2.28. The average molecular weight is 443 g/mol. The first kappa shape index (κ1) is 22.3. The van der Waals surface area contributed by atoms with E-state index in [1.165, 1.54) is 18.2 Å². The molecule has 0 spiro atoms. The predicted molar refractivity (Wildman–Crippen MR) is 87.7 cm³/mol. The molecule has 30 heavy (non-hydrogen) atoms. The zero-order valence-corrected chi connectivity index (χ0v) is 14.9. The molecule has 2 aromatic rings. The van der Waals surface area contributed by atoms with E-state index in [1.54, 1.807) is 0 Å². The third-order valence-electron chi connectivity index (χ3n) is 4.82. The highest BCUT2D eigenvalue weighted by Gasteiger charge is 2.50. The number of phenolic OH excluding ortho intramolecular Hbond substituents is 1. The lowest BCUT2D eigenvalue weighted by molar-refractivity contribution is -0.174. The van der Waals surface area contributed by atoms with E-state index < -0.39 is 53.2 Å². The third kappa shape index (κ3) is 4.50. The summed E-state index contributed by atoms with van der Waals surface area (Å²) in [4.78, 5) is 0. The Balaban J connectivity index is 2.14. The molecule has 0 saturated heterocycles. The van der Waals surface area contributed by atoms with Crippen molar-refractivity contribution >= 4 is 0 Å². The average Bonchev–Trinajstić information content (AvgIpc) is 2.58. The van der Waals surface area contributed by atoms with Gasteiger partial charge in [0.15, 0.2) is 0 Å². The van der Waals surface area contributed by atoms with Crippen molar-refractivity contribution in [2.75, 3.05) is 6.54 Å². The van der Waals surface area contributed by atoms with Crippen LogP contribution in [-0.4, -0.2) is 11.7 Å². The summed E-state index contributed by atoms with van der Waals surface area (Å²) >= 11 is 0. The highest BCUT2D eigenvalue weighted by molar-refractivity contribution is 5.46. The largest absolute Gasteiger partial charge is 0.508 e. The molecule has 0 saturated carbocycles. The van der Waals surface area contributed by atoms with E-state index in [9.17, 15) is 44.6 Å². The molecule has 0 aliphatic carbocycles. The van der Waals surface area contributed by atoms with Crippen molar-refractivity contribution in [1.29, 1.82) is 0 Å². The van der Waals surface area contributed by atoms with Gasteiger partial charge in [-0.25, -0.2) is 0 Å². The summed E-state index contributed by atoms with van der Waals surface area (Å²) in [6.45, 7) is 0.333. The van der Waals surface area contributed by atoms with E-state index in [4.69, 9.17) is 0 Å². The fourth-order valence-corrected chi connectivity index (χ4v) is 3.63. The second-order valence-corrected chi connectivity index (χ2v) is 6.90. The van der Waals surface area contributed by atoms with Crippen molar-refractivity contribution in [1.82, 2.24) is 5.32 Å². The maximum absolute atomic E-state index is 13.3. The van der Waals surface area contributed by atoms with E-state index in [0.29, 0.717) is 24.1 Å². The van der Waals surface area contributed by atoms with Gasteiger partial charge in [-0.05, 0) is 60.3 Å². The third-order valence-corrected chi connectivity index (χ3v) is 4.82. The van der Waals surface area contributed by atoms with E-state index in [2.05, 4.69) is 5.32 Å². The number of alkyl halides is 9. The minimum atomic E-state index is -5.85. The minimum Gasteiger partial charge on any atom is -0.508 e. The molecule has 0 radical (unpaired) electrons. The van der Waals surface area contributed by atoms with Crippen LogP contribution in [0.3, 0.4) is 0 Å². The highest BCUT2D eigenvalue weighted by Crippen LogP contribution is 2.47. The Kier molecular flexibility index (Phi) is 5.46. The van der Waals surface area contributed by atoms with Gasteiger partial charge in [-0.1, -0.05) is 6.07 Å². The second kappa shape index (κ2) is 7.36. The Morgan fingerprint density at radius 2 is 1.40 bits per heavy atom. The number of fused-ring (bicyclic) bond motifs is 1. The molecule has 1 aliphatic rings. The molecule has 0 aromatic heterocycles. The highest BCUT2D eigenvalue weighted by atomic mass is 19.4. The van der Waals surface area contributed by atoms with Gasteiger partial charge in [-0.2, -0.15) is 39.5 Å². The number of hydrogen-bond donors (Lipinski definition) is 2. The summed E-state index contributed by atoms with van der Waals surface area (Å²) in [5.74, 6) is -0.0531. The Labute approximate surface area is 164 Å². The van der Waals surface area contributed by atoms with Crippen molar-refractivity contribution in [3.05, 3.63) is 63.7 Å². The zero-order chi connectivity index (χ0) is 22.5. The molecule has 0 bridgehead atoms. The summed E-state index contributed by atoms with van der Waals surface area (Å²) < 4.78 is 119. The Morgan fingerprint density at radius 1 is 0.833 bits per heavy atom. The van der Waals surface area contributed by atoms with Gasteiger partial charge in [0.1, 0.15) is 5.75 Å². The van der Waals surface area contributed by atoms with Crippen LogP contribution in [-0.2, 0) is 31.4 Å². The monoisotopic (exact) mass is 443 g/mol. The minimum absolute atomic E-state index is 0.0531. The summed E-state index contributed by atoms with van der Waals surface area (Å²) in [5.41, 5.74) is -6.84. The fraction of sp³-hybridized carbons (Fsp3) is 0.368. The molecule has 11 heteroatoms. The molecule has 3 rings (SSSR count). The van der Waals surface area contributed by atoms with Crippen molar-refractivity contribution < 1.29 is 44.6 Å². The molecule has 0 fully saturated rings. The maximum atomic E-state index is 13.3. The van der Waals surface area contributed by atoms with Gasteiger partial charge < -0.3 is 10.4 Å². The first-order valence-electron chi connectivity index (χ1n) is 8.61. The van der Waals surface area contributed by atoms with Crippen molar-refractivity contribution in [2.24, 2.45) is 0 Å². The van der Waals surface area contributed by atoms with Gasteiger partial charge in [-0.3, -0.25) is 0 Å². The van der Waals surface area contributed by atoms with Gasteiger partial charge in [0.2, 0.25) is 0 Å². The fourth-order valence-electron chi connectivity index (χ4n) is 3.63. The van der Waals surface area contributed by atoms with E-state index in [0.717, 1.165) is 0 Å². The molecule has 1 heterocycles. The quantitative estimate of drug-likeness (QED) is 0.569. The molecular weight excluding hydrogens is 429 g/mol. The van der Waals surface area contributed by atoms with Gasteiger partial charge in [0, 0.05) is 6.04 Å². The summed E-state index contributed by atoms with van der Waals surface area (Å²) in [6.07, 6.45) is -17.0. The van der Waals surface area contributed by atoms with Gasteiger partial charge in [0.05, 0.1) is 16.7 Å². The molecule has 1 unspecified atom stereocenters. The van der Waals surface area contributed by atoms with Crippen LogP contribution < -0.4 is 5.32 Å². The van der Waals surface area contributed by atoms with Gasteiger partial charge in [-0.15, -0.1) is 0 Å². The Hall–Kier alpha value is -2.43. The van der Waals surface area contributed by atoms with E-state index >= 15 is 0 Å². The van der Waals surface area contributed by atoms with Crippen LogP contribution in [0.5, 0.6) is 5.75 Å². The van der Waals surface area contributed by atoms with E-state index in [-0.39, 0.29) is 17.9 Å². The lowest BCUT2D eigenvalue weighted by Crippen LogP contribution is -2.31. The first-order chi connectivity index (χ1) is 13.7. The number of nitrogens with one attached hydrogen (secondary N) is 1. The summed E-state index contributed by atoms with van der Waals surface area (Å²) in [7, 11) is 0. The van der Waals surface area contributed by atoms with Crippen LogP contribution in [0.15, 0.2) is 30.3 Å². The van der Waals surface area contributed by atoms with Gasteiger partial charge in [0.25, 0.3) is 0 Å². The Morgan fingerprint density at radius 3 is 1.90 bits per heavy atom. The molecule has 164 valence electrons. The number of rotatable bonds is 2. The number of aromatic hydroxyl groups is 1. The maximum Gasteiger partial charge on any atom is 0.417 e. The lowest BCUT2D eigenvalue weighted by atomic mass is 9.88. The predicted octanol–water partition coefficient (Wildman–Crippen LogP) is 5.88. The number of halogens is 9. The van der Waals surface area contributed by atoms with Crippen molar-refractivity contribution in [2.45, 2.75) is 37.4 Å².